The third kappa shape index (κ3) is 6.00. The molecule has 0 aliphatic carbocycles. The van der Waals surface area contributed by atoms with Crippen molar-refractivity contribution in [3.63, 3.8) is 0 Å². The van der Waals surface area contributed by atoms with Crippen LogP contribution in [0.25, 0.3) is 0 Å². The van der Waals surface area contributed by atoms with E-state index in [1.807, 2.05) is 29.2 Å². The summed E-state index contributed by atoms with van der Waals surface area (Å²) in [5, 5.41) is 2.93. The molecule has 1 saturated heterocycles. The number of para-hydroxylation sites is 1. The number of nitrogens with zero attached hydrogens (tertiary/aromatic N) is 1. The van der Waals surface area contributed by atoms with Crippen LogP contribution in [0.2, 0.25) is 0 Å². The fraction of sp³-hybridized carbons (Fsp3) is 0.440. The van der Waals surface area contributed by atoms with Gasteiger partial charge < -0.3 is 19.7 Å². The van der Waals surface area contributed by atoms with Crippen LogP contribution in [0, 0.1) is 0 Å². The molecule has 0 bridgehead atoms. The molecule has 31 heavy (non-hydrogen) atoms. The van der Waals surface area contributed by atoms with E-state index < -0.39 is 0 Å². The van der Waals surface area contributed by atoms with Gasteiger partial charge in [-0.25, -0.2) is 0 Å². The predicted octanol–water partition coefficient (Wildman–Crippen LogP) is 3.84. The van der Waals surface area contributed by atoms with E-state index >= 15 is 0 Å². The highest BCUT2D eigenvalue weighted by atomic mass is 16.5. The van der Waals surface area contributed by atoms with Gasteiger partial charge in [0, 0.05) is 24.2 Å². The Morgan fingerprint density at radius 1 is 1.03 bits per heavy atom. The number of likely N-dealkylation sites (tertiary alicyclic amines) is 1. The van der Waals surface area contributed by atoms with Gasteiger partial charge in [0.25, 0.3) is 11.8 Å². The molecule has 0 aromatic heterocycles. The minimum Gasteiger partial charge on any atom is -0.496 e. The van der Waals surface area contributed by atoms with E-state index in [2.05, 4.69) is 19.2 Å². The van der Waals surface area contributed by atoms with Gasteiger partial charge in [-0.3, -0.25) is 9.59 Å². The van der Waals surface area contributed by atoms with Crippen LogP contribution in [-0.2, 0) is 11.2 Å². The number of amides is 2. The molecule has 1 aliphatic rings. The molecule has 2 unspecified atom stereocenters. The minimum atomic E-state index is -0.145. The van der Waals surface area contributed by atoms with Crippen molar-refractivity contribution in [2.45, 2.75) is 51.6 Å². The van der Waals surface area contributed by atoms with Crippen molar-refractivity contribution >= 4 is 11.8 Å². The van der Waals surface area contributed by atoms with Gasteiger partial charge in [-0.2, -0.15) is 0 Å². The van der Waals surface area contributed by atoms with Crippen LogP contribution in [0.15, 0.2) is 48.5 Å². The first kappa shape index (κ1) is 22.7. The second kappa shape index (κ2) is 10.8. The first-order chi connectivity index (χ1) is 15.0. The van der Waals surface area contributed by atoms with E-state index in [4.69, 9.17) is 9.47 Å². The Morgan fingerprint density at radius 3 is 2.39 bits per heavy atom. The Kier molecular flexibility index (Phi) is 7.93. The summed E-state index contributed by atoms with van der Waals surface area (Å²) in [7, 11) is 1.64. The zero-order chi connectivity index (χ0) is 22.2. The molecule has 3 rings (SSSR count). The number of rotatable bonds is 8. The maximum Gasteiger partial charge on any atom is 0.260 e. The van der Waals surface area contributed by atoms with E-state index in [0.29, 0.717) is 24.3 Å². The van der Waals surface area contributed by atoms with Crippen molar-refractivity contribution in [3.8, 4) is 11.5 Å². The lowest BCUT2D eigenvalue weighted by molar-refractivity contribution is -0.139. The Balaban J connectivity index is 1.47. The molecule has 1 fully saturated rings. The first-order valence-corrected chi connectivity index (χ1v) is 10.9. The zero-order valence-corrected chi connectivity index (χ0v) is 18.6. The molecule has 2 atom stereocenters. The lowest BCUT2D eigenvalue weighted by atomic mass is 9.97. The van der Waals surface area contributed by atoms with Crippen LogP contribution in [0.4, 0.5) is 0 Å². The molecular weight excluding hydrogens is 392 g/mol. The molecule has 2 aromatic carbocycles. The Hall–Kier alpha value is -3.02. The average molecular weight is 425 g/mol. The molecule has 166 valence electrons. The van der Waals surface area contributed by atoms with Crippen molar-refractivity contribution < 1.29 is 19.1 Å². The van der Waals surface area contributed by atoms with E-state index in [1.54, 1.807) is 31.4 Å². The number of carbonyl (C=O) groups is 2. The molecule has 1 aliphatic heterocycles. The van der Waals surface area contributed by atoms with Crippen molar-refractivity contribution in [2.75, 3.05) is 20.3 Å². The molecule has 2 amide bonds. The highest BCUT2D eigenvalue weighted by molar-refractivity contribution is 5.94. The fourth-order valence-corrected chi connectivity index (χ4v) is 4.16. The van der Waals surface area contributed by atoms with Crippen molar-refractivity contribution in [2.24, 2.45) is 0 Å². The Bertz CT molecular complexity index is 871. The van der Waals surface area contributed by atoms with Crippen LogP contribution in [0.3, 0.4) is 0 Å². The second-order valence-electron chi connectivity index (χ2n) is 8.06. The maximum atomic E-state index is 12.6. The topological polar surface area (TPSA) is 67.9 Å². The summed E-state index contributed by atoms with van der Waals surface area (Å²) in [4.78, 5) is 26.9. The van der Waals surface area contributed by atoms with Crippen LogP contribution in [-0.4, -0.2) is 49.1 Å². The number of hydrogen-bond donors (Lipinski definition) is 1. The summed E-state index contributed by atoms with van der Waals surface area (Å²) in [5.41, 5.74) is 1.60. The number of methoxy groups -OCH3 is 1. The van der Waals surface area contributed by atoms with Crippen LogP contribution in [0.1, 0.15) is 49.0 Å². The predicted molar refractivity (Wildman–Crippen MR) is 121 cm³/mol. The molecule has 1 N–H and O–H groups in total. The summed E-state index contributed by atoms with van der Waals surface area (Å²) < 4.78 is 11.0. The number of nitrogens with one attached hydrogen (secondary N) is 1. The van der Waals surface area contributed by atoms with Gasteiger partial charge in [0.2, 0.25) is 0 Å². The summed E-state index contributed by atoms with van der Waals surface area (Å²) >= 11 is 0. The third-order valence-electron chi connectivity index (χ3n) is 5.83. The van der Waals surface area contributed by atoms with E-state index in [9.17, 15) is 9.59 Å². The maximum absolute atomic E-state index is 12.6. The fourth-order valence-electron chi connectivity index (χ4n) is 4.16. The molecule has 0 spiro atoms. The molecule has 6 heteroatoms. The Morgan fingerprint density at radius 2 is 1.71 bits per heavy atom. The molecular formula is C25H32N2O4. The number of hydrogen-bond acceptors (Lipinski definition) is 4. The van der Waals surface area contributed by atoms with Crippen molar-refractivity contribution in [1.82, 2.24) is 10.2 Å². The first-order valence-electron chi connectivity index (χ1n) is 10.9. The van der Waals surface area contributed by atoms with Gasteiger partial charge in [-0.15, -0.1) is 0 Å². The number of ether oxygens (including phenoxy) is 2. The van der Waals surface area contributed by atoms with Crippen LogP contribution in [0.5, 0.6) is 11.5 Å². The highest BCUT2D eigenvalue weighted by Gasteiger charge is 2.28. The molecule has 2 aromatic rings. The minimum absolute atomic E-state index is 0.0119. The SMILES string of the molecule is COc1ccccc1CCNC(=O)c1ccc(OCC(=O)N2C(C)CCCC2C)cc1. The zero-order valence-electron chi connectivity index (χ0n) is 18.6. The largest absolute Gasteiger partial charge is 0.496 e. The van der Waals surface area contributed by atoms with Gasteiger partial charge in [-0.05, 0) is 75.4 Å². The lowest BCUT2D eigenvalue weighted by Gasteiger charge is -2.38. The van der Waals surface area contributed by atoms with E-state index in [1.165, 1.54) is 0 Å². The number of carbonyl (C=O) groups excluding carboxylic acids is 2. The van der Waals surface area contributed by atoms with E-state index in [0.717, 1.165) is 30.6 Å². The van der Waals surface area contributed by atoms with Gasteiger partial charge in [-0.1, -0.05) is 18.2 Å². The van der Waals surface area contributed by atoms with Crippen molar-refractivity contribution in [3.05, 3.63) is 59.7 Å². The van der Waals surface area contributed by atoms with Gasteiger partial charge in [0.1, 0.15) is 11.5 Å². The Labute approximate surface area is 184 Å². The summed E-state index contributed by atoms with van der Waals surface area (Å²) in [5.74, 6) is 1.27. The van der Waals surface area contributed by atoms with Crippen LogP contribution >= 0.6 is 0 Å². The third-order valence-corrected chi connectivity index (χ3v) is 5.83. The number of benzene rings is 2. The van der Waals surface area contributed by atoms with Gasteiger partial charge >= 0.3 is 0 Å². The summed E-state index contributed by atoms with van der Waals surface area (Å²) in [6.07, 6.45) is 3.93. The smallest absolute Gasteiger partial charge is 0.260 e. The second-order valence-corrected chi connectivity index (χ2v) is 8.06. The normalized spacial score (nSPS) is 18.4. The van der Waals surface area contributed by atoms with Gasteiger partial charge in [0.05, 0.1) is 7.11 Å². The number of piperidine rings is 1. The standard InChI is InChI=1S/C25H32N2O4/c1-18-7-6-8-19(2)27(18)24(28)17-31-22-13-11-21(12-14-22)25(29)26-16-15-20-9-4-5-10-23(20)30-3/h4-5,9-14,18-19H,6-8,15-17H2,1-3H3,(H,26,29). The van der Waals surface area contributed by atoms with Gasteiger partial charge in [0.15, 0.2) is 6.61 Å². The molecule has 0 radical (unpaired) electrons. The van der Waals surface area contributed by atoms with E-state index in [-0.39, 0.29) is 30.5 Å². The van der Waals surface area contributed by atoms with Crippen LogP contribution < -0.4 is 14.8 Å². The lowest BCUT2D eigenvalue weighted by Crippen LogP contribution is -2.49. The van der Waals surface area contributed by atoms with Crippen molar-refractivity contribution in [1.29, 1.82) is 0 Å². The monoisotopic (exact) mass is 424 g/mol. The molecule has 6 nitrogen and oxygen atoms in total. The molecule has 1 heterocycles. The molecule has 0 saturated carbocycles. The summed E-state index contributed by atoms with van der Waals surface area (Å²) in [6.45, 7) is 4.71. The quantitative estimate of drug-likeness (QED) is 0.699. The summed E-state index contributed by atoms with van der Waals surface area (Å²) in [6, 6.07) is 15.2. The highest BCUT2D eigenvalue weighted by Crippen LogP contribution is 2.23. The average Bonchev–Trinajstić information content (AvgIpc) is 2.78.